The van der Waals surface area contributed by atoms with E-state index in [9.17, 15) is 0 Å². The fraction of sp³-hybridized carbons (Fsp3) is 0.235. The molecule has 5 nitrogen and oxygen atoms in total. The molecule has 0 saturated heterocycles. The van der Waals surface area contributed by atoms with Crippen molar-refractivity contribution >= 4 is 11.8 Å². The molecule has 3 rings (SSSR count). The summed E-state index contributed by atoms with van der Waals surface area (Å²) in [6.07, 6.45) is 0. The number of tetrazole rings is 1. The fourth-order valence-electron chi connectivity index (χ4n) is 2.33. The van der Waals surface area contributed by atoms with Gasteiger partial charge in [-0.05, 0) is 35.0 Å². The average molecular weight is 326 g/mol. The van der Waals surface area contributed by atoms with E-state index in [1.807, 2.05) is 30.3 Å². The summed E-state index contributed by atoms with van der Waals surface area (Å²) in [6, 6.07) is 18.5. The molecule has 0 saturated carbocycles. The normalized spacial score (nSPS) is 10.8. The molecule has 0 bridgehead atoms. The maximum absolute atomic E-state index is 4.11. The summed E-state index contributed by atoms with van der Waals surface area (Å²) in [5.41, 5.74) is 3.74. The first-order chi connectivity index (χ1) is 11.3. The average Bonchev–Trinajstić information content (AvgIpc) is 3.05. The van der Waals surface area contributed by atoms with E-state index in [-0.39, 0.29) is 0 Å². The number of nitrogens with zero attached hydrogens (tertiary/aromatic N) is 4. The standard InChI is InChI=1S/C17H19N5S/c1-14-7-5-6-8-15(14)13-18-11-12-23-17-19-20-21-22(17)16-9-3-2-4-10-16/h2-10,18H,11-13H2,1H3/p+1. The van der Waals surface area contributed by atoms with E-state index in [1.54, 1.807) is 16.4 Å². The Kier molecular flexibility index (Phi) is 5.39. The summed E-state index contributed by atoms with van der Waals surface area (Å²) < 4.78 is 1.78. The lowest BCUT2D eigenvalue weighted by Gasteiger charge is -2.05. The zero-order valence-electron chi connectivity index (χ0n) is 13.1. The highest BCUT2D eigenvalue weighted by atomic mass is 32.2. The van der Waals surface area contributed by atoms with E-state index < -0.39 is 0 Å². The van der Waals surface area contributed by atoms with Crippen molar-refractivity contribution in [1.29, 1.82) is 0 Å². The number of hydrogen-bond acceptors (Lipinski definition) is 4. The van der Waals surface area contributed by atoms with E-state index in [2.05, 4.69) is 52.0 Å². The summed E-state index contributed by atoms with van der Waals surface area (Å²) in [5, 5.41) is 15.1. The fourth-order valence-corrected chi connectivity index (χ4v) is 3.16. The van der Waals surface area contributed by atoms with Gasteiger partial charge in [-0.3, -0.25) is 0 Å². The number of para-hydroxylation sites is 1. The van der Waals surface area contributed by atoms with E-state index >= 15 is 0 Å². The van der Waals surface area contributed by atoms with E-state index in [4.69, 9.17) is 0 Å². The summed E-state index contributed by atoms with van der Waals surface area (Å²) in [5.74, 6) is 0.971. The minimum atomic E-state index is 0.834. The number of nitrogens with two attached hydrogens (primary N) is 1. The molecule has 3 aromatic rings. The molecule has 0 aliphatic rings. The first-order valence-corrected chi connectivity index (χ1v) is 8.66. The van der Waals surface area contributed by atoms with Crippen molar-refractivity contribution in [3.8, 4) is 5.69 Å². The van der Waals surface area contributed by atoms with Crippen molar-refractivity contribution in [2.75, 3.05) is 12.3 Å². The summed E-state index contributed by atoms with van der Waals surface area (Å²) >= 11 is 1.68. The van der Waals surface area contributed by atoms with Gasteiger partial charge in [0.15, 0.2) is 0 Å². The highest BCUT2D eigenvalue weighted by Gasteiger charge is 2.08. The molecule has 0 spiro atoms. The third-order valence-corrected chi connectivity index (χ3v) is 4.57. The van der Waals surface area contributed by atoms with Gasteiger partial charge in [0.2, 0.25) is 5.16 Å². The van der Waals surface area contributed by atoms with Crippen LogP contribution in [0, 0.1) is 6.92 Å². The van der Waals surface area contributed by atoms with Crippen LogP contribution in [0.5, 0.6) is 0 Å². The van der Waals surface area contributed by atoms with E-state index in [0.29, 0.717) is 0 Å². The number of quaternary nitrogens is 1. The van der Waals surface area contributed by atoms with Gasteiger partial charge in [0, 0.05) is 5.56 Å². The number of hydrogen-bond donors (Lipinski definition) is 1. The van der Waals surface area contributed by atoms with Crippen LogP contribution in [0.4, 0.5) is 0 Å². The molecule has 118 valence electrons. The van der Waals surface area contributed by atoms with Crippen LogP contribution >= 0.6 is 11.8 Å². The third kappa shape index (κ3) is 4.18. The minimum Gasteiger partial charge on any atom is -0.342 e. The maximum atomic E-state index is 4.11. The second-order valence-electron chi connectivity index (χ2n) is 5.27. The Morgan fingerprint density at radius 1 is 1.04 bits per heavy atom. The number of aryl methyl sites for hydroxylation is 1. The molecular weight excluding hydrogens is 306 g/mol. The van der Waals surface area contributed by atoms with Crippen molar-refractivity contribution in [3.63, 3.8) is 0 Å². The van der Waals surface area contributed by atoms with Crippen molar-refractivity contribution < 1.29 is 5.32 Å². The molecule has 0 atom stereocenters. The van der Waals surface area contributed by atoms with Crippen LogP contribution in [0.15, 0.2) is 59.8 Å². The molecule has 1 heterocycles. The Labute approximate surface area is 140 Å². The zero-order chi connectivity index (χ0) is 15.9. The topological polar surface area (TPSA) is 60.2 Å². The molecule has 6 heteroatoms. The highest BCUT2D eigenvalue weighted by Crippen LogP contribution is 2.16. The van der Waals surface area contributed by atoms with Crippen molar-refractivity contribution in [3.05, 3.63) is 65.7 Å². The van der Waals surface area contributed by atoms with Gasteiger partial charge in [-0.25, -0.2) is 0 Å². The van der Waals surface area contributed by atoms with Gasteiger partial charge in [-0.1, -0.05) is 54.2 Å². The number of benzene rings is 2. The maximum Gasteiger partial charge on any atom is 0.214 e. The van der Waals surface area contributed by atoms with Crippen molar-refractivity contribution in [2.24, 2.45) is 0 Å². The molecule has 0 aliphatic heterocycles. The molecule has 1 aromatic heterocycles. The molecule has 2 aromatic carbocycles. The molecule has 0 radical (unpaired) electrons. The van der Waals surface area contributed by atoms with Crippen molar-refractivity contribution in [1.82, 2.24) is 20.2 Å². The van der Waals surface area contributed by atoms with Gasteiger partial charge < -0.3 is 5.32 Å². The molecule has 0 fully saturated rings. The van der Waals surface area contributed by atoms with Gasteiger partial charge in [-0.15, -0.1) is 5.10 Å². The van der Waals surface area contributed by atoms with Crippen LogP contribution < -0.4 is 5.32 Å². The lowest BCUT2D eigenvalue weighted by atomic mass is 10.1. The van der Waals surface area contributed by atoms with Gasteiger partial charge in [-0.2, -0.15) is 4.68 Å². The first-order valence-electron chi connectivity index (χ1n) is 7.67. The summed E-state index contributed by atoms with van der Waals surface area (Å²) in [7, 11) is 0. The molecule has 0 amide bonds. The van der Waals surface area contributed by atoms with Crippen LogP contribution in [0.2, 0.25) is 0 Å². The Morgan fingerprint density at radius 3 is 2.65 bits per heavy atom. The van der Waals surface area contributed by atoms with Gasteiger partial charge in [0.05, 0.1) is 18.0 Å². The smallest absolute Gasteiger partial charge is 0.214 e. The Balaban J connectivity index is 1.49. The number of aromatic nitrogens is 4. The molecule has 0 unspecified atom stereocenters. The molecular formula is C17H20N5S+. The van der Waals surface area contributed by atoms with E-state index in [0.717, 1.165) is 29.7 Å². The zero-order valence-corrected chi connectivity index (χ0v) is 13.9. The Morgan fingerprint density at radius 2 is 1.83 bits per heavy atom. The quantitative estimate of drug-likeness (QED) is 0.531. The Hall–Kier alpha value is -2.18. The second kappa shape index (κ2) is 7.89. The second-order valence-corrected chi connectivity index (χ2v) is 6.33. The number of thioether (sulfide) groups is 1. The van der Waals surface area contributed by atoms with Gasteiger partial charge >= 0.3 is 0 Å². The third-order valence-electron chi connectivity index (χ3n) is 3.62. The van der Waals surface area contributed by atoms with Gasteiger partial charge in [0.1, 0.15) is 6.54 Å². The highest BCUT2D eigenvalue weighted by molar-refractivity contribution is 7.99. The summed E-state index contributed by atoms with van der Waals surface area (Å²) in [4.78, 5) is 0. The van der Waals surface area contributed by atoms with Crippen LogP contribution in [0.3, 0.4) is 0 Å². The van der Waals surface area contributed by atoms with Crippen molar-refractivity contribution in [2.45, 2.75) is 18.6 Å². The SMILES string of the molecule is Cc1ccccc1C[NH2+]CCSc1nnnn1-c1ccccc1. The van der Waals surface area contributed by atoms with Crippen LogP contribution in [-0.4, -0.2) is 32.5 Å². The number of rotatable bonds is 7. The van der Waals surface area contributed by atoms with Gasteiger partial charge in [0.25, 0.3) is 0 Å². The lowest BCUT2D eigenvalue weighted by Crippen LogP contribution is -2.83. The predicted molar refractivity (Wildman–Crippen MR) is 91.6 cm³/mol. The summed E-state index contributed by atoms with van der Waals surface area (Å²) in [6.45, 7) is 4.20. The van der Waals surface area contributed by atoms with Crippen LogP contribution in [-0.2, 0) is 6.54 Å². The monoisotopic (exact) mass is 326 g/mol. The first kappa shape index (κ1) is 15.7. The molecule has 0 aliphatic carbocycles. The minimum absolute atomic E-state index is 0.834. The van der Waals surface area contributed by atoms with E-state index in [1.165, 1.54) is 11.1 Å². The Bertz CT molecular complexity index is 742. The van der Waals surface area contributed by atoms with Crippen LogP contribution in [0.1, 0.15) is 11.1 Å². The van der Waals surface area contributed by atoms with Crippen LogP contribution in [0.25, 0.3) is 5.69 Å². The molecule has 2 N–H and O–H groups in total. The predicted octanol–water partition coefficient (Wildman–Crippen LogP) is 1.83. The largest absolute Gasteiger partial charge is 0.342 e. The molecule has 23 heavy (non-hydrogen) atoms. The lowest BCUT2D eigenvalue weighted by molar-refractivity contribution is -0.666.